The van der Waals surface area contributed by atoms with E-state index in [0.717, 1.165) is 5.69 Å². The number of nitrogens with two attached hydrogens (primary N) is 1. The monoisotopic (exact) mass is 259 g/mol. The summed E-state index contributed by atoms with van der Waals surface area (Å²) in [6.45, 7) is 1.92. The summed E-state index contributed by atoms with van der Waals surface area (Å²) in [5.74, 6) is 0.185. The van der Waals surface area contributed by atoms with Gasteiger partial charge in [0.1, 0.15) is 5.69 Å². The lowest BCUT2D eigenvalue weighted by Crippen LogP contribution is -2.28. The highest BCUT2D eigenvalue weighted by atomic mass is 32.2. The van der Waals surface area contributed by atoms with Gasteiger partial charge in [0.15, 0.2) is 9.84 Å². The molecule has 0 spiro atoms. The van der Waals surface area contributed by atoms with Gasteiger partial charge in [0, 0.05) is 7.05 Å². The summed E-state index contributed by atoms with van der Waals surface area (Å²) in [5, 5.41) is 0. The Morgan fingerprint density at radius 2 is 2.12 bits per heavy atom. The minimum Gasteiger partial charge on any atom is -0.393 e. The van der Waals surface area contributed by atoms with E-state index in [9.17, 15) is 13.2 Å². The molecule has 0 amide bonds. The van der Waals surface area contributed by atoms with Crippen molar-refractivity contribution in [3.05, 3.63) is 16.0 Å². The van der Waals surface area contributed by atoms with Crippen molar-refractivity contribution in [1.29, 1.82) is 0 Å². The number of nitrogens with zero attached hydrogens (tertiary/aromatic N) is 2. The summed E-state index contributed by atoms with van der Waals surface area (Å²) in [6.07, 6.45) is 1.15. The van der Waals surface area contributed by atoms with Crippen molar-refractivity contribution in [3.8, 4) is 0 Å². The molecular weight excluding hydrogens is 242 g/mol. The Balaban J connectivity index is 2.51. The molecule has 1 aliphatic rings. The Labute approximate surface area is 99.9 Å². The van der Waals surface area contributed by atoms with Crippen LogP contribution in [0.1, 0.15) is 25.1 Å². The van der Waals surface area contributed by atoms with Gasteiger partial charge in [-0.2, -0.15) is 0 Å². The summed E-state index contributed by atoms with van der Waals surface area (Å²) >= 11 is 0. The van der Waals surface area contributed by atoms with Crippen molar-refractivity contribution >= 4 is 15.5 Å². The number of sulfone groups is 1. The molecule has 0 aromatic carbocycles. The quantitative estimate of drug-likeness (QED) is 0.789. The topological polar surface area (TPSA) is 87.1 Å². The highest BCUT2D eigenvalue weighted by molar-refractivity contribution is 7.91. The van der Waals surface area contributed by atoms with Crippen molar-refractivity contribution in [3.63, 3.8) is 0 Å². The predicted octanol–water partition coefficient (Wildman–Crippen LogP) is -0.309. The van der Waals surface area contributed by atoms with E-state index in [4.69, 9.17) is 5.73 Å². The highest BCUT2D eigenvalue weighted by Gasteiger charge is 2.32. The molecule has 1 unspecified atom stereocenters. The standard InChI is InChI=1S/C10H17N3O3S/c1-3-8-9(11)10(14)13(12(8)2)7-4-5-17(15,16)6-7/h7H,3-6,11H2,1-2H3. The molecule has 1 aromatic rings. The summed E-state index contributed by atoms with van der Waals surface area (Å²) < 4.78 is 26.1. The summed E-state index contributed by atoms with van der Waals surface area (Å²) in [7, 11) is -1.25. The van der Waals surface area contributed by atoms with Crippen LogP contribution in [-0.2, 0) is 23.3 Å². The van der Waals surface area contributed by atoms with Crippen LogP contribution < -0.4 is 11.3 Å². The third-order valence-electron chi connectivity index (χ3n) is 3.35. The molecule has 2 N–H and O–H groups in total. The lowest BCUT2D eigenvalue weighted by molar-refractivity contribution is 0.410. The fourth-order valence-corrected chi connectivity index (χ4v) is 4.18. The number of nitrogen functional groups attached to an aromatic ring is 1. The van der Waals surface area contributed by atoms with Gasteiger partial charge in [-0.3, -0.25) is 9.48 Å². The smallest absolute Gasteiger partial charge is 0.290 e. The van der Waals surface area contributed by atoms with Gasteiger partial charge in [-0.1, -0.05) is 6.92 Å². The van der Waals surface area contributed by atoms with Crippen LogP contribution in [0.2, 0.25) is 0 Å². The minimum atomic E-state index is -3.00. The number of aromatic nitrogens is 2. The summed E-state index contributed by atoms with van der Waals surface area (Å²) in [6, 6.07) is -0.278. The van der Waals surface area contributed by atoms with E-state index in [1.807, 2.05) is 6.92 Å². The summed E-state index contributed by atoms with van der Waals surface area (Å²) in [5.41, 5.74) is 6.47. The molecule has 0 saturated carbocycles. The van der Waals surface area contributed by atoms with E-state index in [-0.39, 0.29) is 28.8 Å². The second-order valence-electron chi connectivity index (χ2n) is 4.44. The molecule has 1 aliphatic heterocycles. The number of rotatable bonds is 2. The van der Waals surface area contributed by atoms with Crippen LogP contribution in [-0.4, -0.2) is 29.3 Å². The molecular formula is C10H17N3O3S. The van der Waals surface area contributed by atoms with Crippen LogP contribution in [0.25, 0.3) is 0 Å². The maximum Gasteiger partial charge on any atom is 0.290 e. The van der Waals surface area contributed by atoms with E-state index in [0.29, 0.717) is 12.8 Å². The van der Waals surface area contributed by atoms with E-state index in [2.05, 4.69) is 0 Å². The molecule has 1 saturated heterocycles. The van der Waals surface area contributed by atoms with Gasteiger partial charge in [0.05, 0.1) is 23.2 Å². The number of anilines is 1. The molecule has 6 nitrogen and oxygen atoms in total. The normalized spacial score (nSPS) is 23.1. The van der Waals surface area contributed by atoms with E-state index < -0.39 is 9.84 Å². The Bertz CT molecular complexity index is 597. The maximum atomic E-state index is 12.0. The van der Waals surface area contributed by atoms with Crippen LogP contribution >= 0.6 is 0 Å². The molecule has 0 aliphatic carbocycles. The minimum absolute atomic E-state index is 0.0351. The second kappa shape index (κ2) is 3.90. The Hall–Kier alpha value is -1.24. The number of hydrogen-bond donors (Lipinski definition) is 1. The maximum absolute atomic E-state index is 12.0. The zero-order valence-electron chi connectivity index (χ0n) is 10.0. The van der Waals surface area contributed by atoms with Crippen molar-refractivity contribution < 1.29 is 8.42 Å². The molecule has 1 atom stereocenters. The number of hydrogen-bond acceptors (Lipinski definition) is 4. The average Bonchev–Trinajstić information content (AvgIpc) is 2.68. The first kappa shape index (κ1) is 12.2. The van der Waals surface area contributed by atoms with Gasteiger partial charge in [-0.15, -0.1) is 0 Å². The molecule has 7 heteroatoms. The van der Waals surface area contributed by atoms with Gasteiger partial charge >= 0.3 is 0 Å². The average molecular weight is 259 g/mol. The lowest BCUT2D eigenvalue weighted by Gasteiger charge is -2.14. The van der Waals surface area contributed by atoms with Gasteiger partial charge in [-0.05, 0) is 12.8 Å². The summed E-state index contributed by atoms with van der Waals surface area (Å²) in [4.78, 5) is 12.0. The lowest BCUT2D eigenvalue weighted by atomic mass is 10.3. The molecule has 0 radical (unpaired) electrons. The molecule has 2 rings (SSSR count). The predicted molar refractivity (Wildman–Crippen MR) is 65.8 cm³/mol. The Morgan fingerprint density at radius 3 is 2.53 bits per heavy atom. The second-order valence-corrected chi connectivity index (χ2v) is 6.67. The van der Waals surface area contributed by atoms with Crippen molar-refractivity contribution in [2.75, 3.05) is 17.2 Å². The van der Waals surface area contributed by atoms with Crippen molar-refractivity contribution in [2.45, 2.75) is 25.8 Å². The largest absolute Gasteiger partial charge is 0.393 e. The van der Waals surface area contributed by atoms with Crippen molar-refractivity contribution in [2.24, 2.45) is 7.05 Å². The van der Waals surface area contributed by atoms with Gasteiger partial charge in [0.2, 0.25) is 0 Å². The first-order valence-electron chi connectivity index (χ1n) is 5.63. The fourth-order valence-electron chi connectivity index (χ4n) is 2.49. The Morgan fingerprint density at radius 1 is 1.47 bits per heavy atom. The highest BCUT2D eigenvalue weighted by Crippen LogP contribution is 2.23. The first-order valence-corrected chi connectivity index (χ1v) is 7.45. The third kappa shape index (κ3) is 1.88. The van der Waals surface area contributed by atoms with Gasteiger partial charge < -0.3 is 5.73 Å². The zero-order valence-corrected chi connectivity index (χ0v) is 10.8. The van der Waals surface area contributed by atoms with Crippen LogP contribution in [0.15, 0.2) is 4.79 Å². The molecule has 96 valence electrons. The molecule has 17 heavy (non-hydrogen) atoms. The first-order chi connectivity index (χ1) is 7.87. The molecule has 2 heterocycles. The fraction of sp³-hybridized carbons (Fsp3) is 0.700. The Kier molecular flexibility index (Phi) is 2.81. The molecule has 0 bridgehead atoms. The van der Waals surface area contributed by atoms with Gasteiger partial charge in [0.25, 0.3) is 5.56 Å². The van der Waals surface area contributed by atoms with Crippen LogP contribution in [0, 0.1) is 0 Å². The van der Waals surface area contributed by atoms with E-state index >= 15 is 0 Å². The van der Waals surface area contributed by atoms with Crippen LogP contribution in [0.5, 0.6) is 0 Å². The van der Waals surface area contributed by atoms with Crippen LogP contribution in [0.4, 0.5) is 5.69 Å². The third-order valence-corrected chi connectivity index (χ3v) is 5.10. The zero-order chi connectivity index (χ0) is 12.8. The molecule has 1 aromatic heterocycles. The van der Waals surface area contributed by atoms with Crippen LogP contribution in [0.3, 0.4) is 0 Å². The van der Waals surface area contributed by atoms with E-state index in [1.54, 1.807) is 11.7 Å². The van der Waals surface area contributed by atoms with E-state index in [1.165, 1.54) is 4.68 Å². The van der Waals surface area contributed by atoms with Gasteiger partial charge in [-0.25, -0.2) is 13.1 Å². The molecule has 1 fully saturated rings. The van der Waals surface area contributed by atoms with Crippen molar-refractivity contribution in [1.82, 2.24) is 9.36 Å². The SMILES string of the molecule is CCc1c(N)c(=O)n(C2CCS(=O)(=O)C2)n1C.